The average Bonchev–Trinajstić information content (AvgIpc) is 2.40. The van der Waals surface area contributed by atoms with Crippen LogP contribution in [0.3, 0.4) is 0 Å². The number of carbonyl (C=O) groups is 2. The van der Waals surface area contributed by atoms with E-state index in [0.717, 1.165) is 0 Å². The first kappa shape index (κ1) is 18.6. The fourth-order valence-electron chi connectivity index (χ4n) is 2.14. The lowest BCUT2D eigenvalue weighted by Gasteiger charge is -2.40. The summed E-state index contributed by atoms with van der Waals surface area (Å²) in [5.74, 6) is -1.82. The van der Waals surface area contributed by atoms with Crippen molar-refractivity contribution in [2.24, 2.45) is 0 Å². The highest BCUT2D eigenvalue weighted by Crippen LogP contribution is 2.28. The monoisotopic (exact) mass is 316 g/mol. The highest BCUT2D eigenvalue weighted by molar-refractivity contribution is 5.86. The number of rotatable bonds is 7. The largest absolute Gasteiger partial charge is 0.463 e. The molecular formula is C15H24O7. The van der Waals surface area contributed by atoms with Gasteiger partial charge in [0.25, 0.3) is 0 Å². The van der Waals surface area contributed by atoms with Gasteiger partial charge in [-0.15, -0.1) is 0 Å². The lowest BCUT2D eigenvalue weighted by Crippen LogP contribution is -2.47. The summed E-state index contributed by atoms with van der Waals surface area (Å²) in [6.45, 7) is 8.35. The standard InChI is InChI=1S/C15H24O7/c1-10(2)14(18)20-9-12-7-11(21-15(3,4)22-12)8-13(17)19-6-5-16/h11-12,16H,1,5-9H2,2-4H3. The third-order valence-corrected chi connectivity index (χ3v) is 2.92. The van der Waals surface area contributed by atoms with Crippen molar-refractivity contribution in [3.8, 4) is 0 Å². The van der Waals surface area contributed by atoms with E-state index in [1.807, 2.05) is 0 Å². The Kier molecular flexibility index (Phi) is 6.99. The molecule has 0 aromatic carbocycles. The zero-order chi connectivity index (χ0) is 16.8. The minimum absolute atomic E-state index is 0.0366. The fourth-order valence-corrected chi connectivity index (χ4v) is 2.14. The van der Waals surface area contributed by atoms with E-state index in [0.29, 0.717) is 12.0 Å². The minimum atomic E-state index is -0.888. The third kappa shape index (κ3) is 6.55. The van der Waals surface area contributed by atoms with Crippen molar-refractivity contribution in [2.75, 3.05) is 19.8 Å². The first-order chi connectivity index (χ1) is 10.2. The lowest BCUT2D eigenvalue weighted by atomic mass is 10.1. The van der Waals surface area contributed by atoms with Crippen LogP contribution >= 0.6 is 0 Å². The van der Waals surface area contributed by atoms with Gasteiger partial charge < -0.3 is 24.1 Å². The molecular weight excluding hydrogens is 292 g/mol. The van der Waals surface area contributed by atoms with Gasteiger partial charge >= 0.3 is 11.9 Å². The summed E-state index contributed by atoms with van der Waals surface area (Å²) in [5.41, 5.74) is 0.315. The third-order valence-electron chi connectivity index (χ3n) is 2.92. The molecule has 0 bridgehead atoms. The normalized spacial score (nSPS) is 23.6. The van der Waals surface area contributed by atoms with Gasteiger partial charge in [0.1, 0.15) is 13.2 Å². The maximum Gasteiger partial charge on any atom is 0.333 e. The highest BCUT2D eigenvalue weighted by atomic mass is 16.7. The van der Waals surface area contributed by atoms with Crippen molar-refractivity contribution in [3.63, 3.8) is 0 Å². The average molecular weight is 316 g/mol. The van der Waals surface area contributed by atoms with Crippen LogP contribution in [0.2, 0.25) is 0 Å². The second kappa shape index (κ2) is 8.26. The van der Waals surface area contributed by atoms with Gasteiger partial charge in [-0.3, -0.25) is 4.79 Å². The van der Waals surface area contributed by atoms with E-state index in [4.69, 9.17) is 24.1 Å². The van der Waals surface area contributed by atoms with Crippen LogP contribution in [0.15, 0.2) is 12.2 Å². The van der Waals surface area contributed by atoms with Gasteiger partial charge in [-0.2, -0.15) is 0 Å². The predicted molar refractivity (Wildman–Crippen MR) is 76.9 cm³/mol. The summed E-state index contributed by atoms with van der Waals surface area (Å²) in [4.78, 5) is 23.0. The van der Waals surface area contributed by atoms with Gasteiger partial charge in [-0.05, 0) is 20.8 Å². The minimum Gasteiger partial charge on any atom is -0.463 e. The van der Waals surface area contributed by atoms with Gasteiger partial charge in [0, 0.05) is 12.0 Å². The molecule has 1 heterocycles. The smallest absolute Gasteiger partial charge is 0.333 e. The second-order valence-corrected chi connectivity index (χ2v) is 5.64. The summed E-state index contributed by atoms with van der Waals surface area (Å²) in [5, 5.41) is 8.63. The molecule has 0 aromatic rings. The maximum atomic E-state index is 11.6. The van der Waals surface area contributed by atoms with E-state index in [-0.39, 0.29) is 32.3 Å². The van der Waals surface area contributed by atoms with Crippen LogP contribution in [-0.4, -0.2) is 54.9 Å². The van der Waals surface area contributed by atoms with E-state index in [1.165, 1.54) is 0 Å². The van der Waals surface area contributed by atoms with Crippen molar-refractivity contribution in [1.82, 2.24) is 0 Å². The zero-order valence-electron chi connectivity index (χ0n) is 13.3. The molecule has 1 N–H and O–H groups in total. The molecule has 126 valence electrons. The number of aliphatic hydroxyl groups excluding tert-OH is 1. The zero-order valence-corrected chi connectivity index (χ0v) is 13.3. The number of ether oxygens (including phenoxy) is 4. The first-order valence-electron chi connectivity index (χ1n) is 7.18. The molecule has 7 heteroatoms. The van der Waals surface area contributed by atoms with Crippen LogP contribution in [0.5, 0.6) is 0 Å². The molecule has 0 radical (unpaired) electrons. The SMILES string of the molecule is C=C(C)C(=O)OCC1CC(CC(=O)OCCO)OC(C)(C)O1. The molecule has 1 rings (SSSR count). The fraction of sp³-hybridized carbons (Fsp3) is 0.733. The van der Waals surface area contributed by atoms with Crippen LogP contribution in [0.4, 0.5) is 0 Å². The van der Waals surface area contributed by atoms with E-state index in [1.54, 1.807) is 20.8 Å². The molecule has 1 aliphatic rings. The van der Waals surface area contributed by atoms with Gasteiger partial charge in [-0.25, -0.2) is 4.79 Å². The van der Waals surface area contributed by atoms with Crippen LogP contribution in [0.1, 0.15) is 33.6 Å². The molecule has 0 aliphatic carbocycles. The topological polar surface area (TPSA) is 91.3 Å². The Morgan fingerprint density at radius 2 is 1.91 bits per heavy atom. The van der Waals surface area contributed by atoms with E-state index in [9.17, 15) is 9.59 Å². The molecule has 22 heavy (non-hydrogen) atoms. The van der Waals surface area contributed by atoms with E-state index in [2.05, 4.69) is 6.58 Å². The van der Waals surface area contributed by atoms with Crippen molar-refractivity contribution in [3.05, 3.63) is 12.2 Å². The van der Waals surface area contributed by atoms with Crippen LogP contribution < -0.4 is 0 Å². The van der Waals surface area contributed by atoms with Crippen LogP contribution in [0, 0.1) is 0 Å². The molecule has 0 spiro atoms. The highest BCUT2D eigenvalue weighted by Gasteiger charge is 2.37. The van der Waals surface area contributed by atoms with Crippen molar-refractivity contribution < 1.29 is 33.6 Å². The van der Waals surface area contributed by atoms with Gasteiger partial charge in [0.05, 0.1) is 25.2 Å². The Labute approximate surface area is 130 Å². The van der Waals surface area contributed by atoms with Gasteiger partial charge in [-0.1, -0.05) is 6.58 Å². The van der Waals surface area contributed by atoms with Gasteiger partial charge in [0.15, 0.2) is 5.79 Å². The quantitative estimate of drug-likeness (QED) is 0.552. The van der Waals surface area contributed by atoms with Crippen LogP contribution in [0.25, 0.3) is 0 Å². The molecule has 1 saturated heterocycles. The molecule has 2 atom stereocenters. The Morgan fingerprint density at radius 1 is 1.27 bits per heavy atom. The number of esters is 2. The molecule has 1 fully saturated rings. The molecule has 2 unspecified atom stereocenters. The number of carbonyl (C=O) groups excluding carboxylic acids is 2. The van der Waals surface area contributed by atoms with Crippen molar-refractivity contribution in [2.45, 2.75) is 51.6 Å². The molecule has 1 aliphatic heterocycles. The van der Waals surface area contributed by atoms with Gasteiger partial charge in [0.2, 0.25) is 0 Å². The predicted octanol–water partition coefficient (Wildman–Crippen LogP) is 0.941. The molecule has 0 amide bonds. The first-order valence-corrected chi connectivity index (χ1v) is 7.18. The Bertz CT molecular complexity index is 416. The van der Waals surface area contributed by atoms with E-state index < -0.39 is 23.8 Å². The van der Waals surface area contributed by atoms with Crippen molar-refractivity contribution >= 4 is 11.9 Å². The molecule has 7 nitrogen and oxygen atoms in total. The second-order valence-electron chi connectivity index (χ2n) is 5.64. The number of hydrogen-bond donors (Lipinski definition) is 1. The number of hydrogen-bond acceptors (Lipinski definition) is 7. The number of aliphatic hydroxyl groups is 1. The van der Waals surface area contributed by atoms with Crippen molar-refractivity contribution in [1.29, 1.82) is 0 Å². The molecule has 0 saturated carbocycles. The summed E-state index contributed by atoms with van der Waals surface area (Å²) in [6.07, 6.45) is -0.315. The van der Waals surface area contributed by atoms with E-state index >= 15 is 0 Å². The summed E-state index contributed by atoms with van der Waals surface area (Å²) in [6, 6.07) is 0. The Hall–Kier alpha value is -1.44. The lowest BCUT2D eigenvalue weighted by molar-refractivity contribution is -0.304. The van der Waals surface area contributed by atoms with Crippen LogP contribution in [-0.2, 0) is 28.5 Å². The summed E-state index contributed by atoms with van der Waals surface area (Å²) in [7, 11) is 0. The Morgan fingerprint density at radius 3 is 2.50 bits per heavy atom. The Balaban J connectivity index is 2.52. The maximum absolute atomic E-state index is 11.6. The summed E-state index contributed by atoms with van der Waals surface area (Å²) < 4.78 is 21.2. The molecule has 0 aromatic heterocycles. The summed E-state index contributed by atoms with van der Waals surface area (Å²) >= 11 is 0.